The number of rotatable bonds is 7. The first-order valence-corrected chi connectivity index (χ1v) is 15.1. The van der Waals surface area contributed by atoms with Gasteiger partial charge in [0, 0.05) is 40.5 Å². The monoisotopic (exact) mass is 625 g/mol. The molecule has 4 heterocycles. The summed E-state index contributed by atoms with van der Waals surface area (Å²) in [5, 5.41) is 15.5. The summed E-state index contributed by atoms with van der Waals surface area (Å²) < 4.78 is 13.3. The molecule has 0 bridgehead atoms. The number of carbonyl (C=O) groups is 2. The standard InChI is InChI=1S/C36H31N7O4/c1-36(2,3)47-35(45)38-21-22-15-17-37-30(19-22)33(44)40-23-11-13-24(14-12-23)41-34-42-29(20-25-16-18-39-43(25)34)28-9-6-8-27-26-7-4-5-10-31(26)46-32(27)28/h4-20H,21H2,1-3H3,(H,38,45)(H,40,44)(H,41,42). The summed E-state index contributed by atoms with van der Waals surface area (Å²) in [6, 6.07) is 28.6. The highest BCUT2D eigenvalue weighted by molar-refractivity contribution is 6.09. The Morgan fingerprint density at radius 3 is 2.49 bits per heavy atom. The summed E-state index contributed by atoms with van der Waals surface area (Å²) in [5.74, 6) is 0.144. The SMILES string of the molecule is CC(C)(C)OC(=O)NCc1ccnc(C(=O)Nc2ccc(Nc3nc(-c4cccc5c4oc4ccccc45)cc4ccnn34)cc2)c1. The number of aromatic nitrogens is 4. The van der Waals surface area contributed by atoms with Crippen molar-refractivity contribution in [2.75, 3.05) is 10.6 Å². The van der Waals surface area contributed by atoms with Crippen LogP contribution < -0.4 is 16.0 Å². The maximum Gasteiger partial charge on any atom is 0.407 e. The number of ether oxygens (including phenoxy) is 1. The average molecular weight is 626 g/mol. The third kappa shape index (κ3) is 6.32. The number of amides is 2. The van der Waals surface area contributed by atoms with E-state index in [2.05, 4.69) is 38.2 Å². The molecule has 0 unspecified atom stereocenters. The Morgan fingerprint density at radius 1 is 0.872 bits per heavy atom. The Labute approximate surface area is 269 Å². The van der Waals surface area contributed by atoms with Crippen molar-refractivity contribution in [3.63, 3.8) is 0 Å². The molecule has 3 N–H and O–H groups in total. The molecular weight excluding hydrogens is 594 g/mol. The highest BCUT2D eigenvalue weighted by Gasteiger charge is 2.17. The molecule has 11 nitrogen and oxygen atoms in total. The van der Waals surface area contributed by atoms with Gasteiger partial charge in [-0.05, 0) is 87.0 Å². The number of furan rings is 1. The van der Waals surface area contributed by atoms with Gasteiger partial charge in [-0.3, -0.25) is 9.78 Å². The predicted octanol–water partition coefficient (Wildman–Crippen LogP) is 7.71. The number of para-hydroxylation sites is 2. The lowest BCUT2D eigenvalue weighted by Gasteiger charge is -2.19. The summed E-state index contributed by atoms with van der Waals surface area (Å²) >= 11 is 0. The number of alkyl carbamates (subject to hydrolysis) is 1. The van der Waals surface area contributed by atoms with Crippen LogP contribution in [-0.2, 0) is 11.3 Å². The lowest BCUT2D eigenvalue weighted by molar-refractivity contribution is 0.0523. The molecule has 234 valence electrons. The maximum absolute atomic E-state index is 13.0. The minimum absolute atomic E-state index is 0.199. The second kappa shape index (κ2) is 11.9. The zero-order valence-corrected chi connectivity index (χ0v) is 25.9. The minimum atomic E-state index is -0.601. The first kappa shape index (κ1) is 29.5. The van der Waals surface area contributed by atoms with E-state index in [1.807, 2.05) is 54.6 Å². The summed E-state index contributed by atoms with van der Waals surface area (Å²) in [6.07, 6.45) is 2.72. The van der Waals surface area contributed by atoms with Crippen LogP contribution >= 0.6 is 0 Å². The van der Waals surface area contributed by atoms with Gasteiger partial charge in [0.15, 0.2) is 0 Å². The average Bonchev–Trinajstić information content (AvgIpc) is 3.69. The van der Waals surface area contributed by atoms with Crippen LogP contribution in [0.3, 0.4) is 0 Å². The van der Waals surface area contributed by atoms with Crippen LogP contribution in [0, 0.1) is 0 Å². The molecule has 3 aromatic carbocycles. The fourth-order valence-electron chi connectivity index (χ4n) is 5.26. The van der Waals surface area contributed by atoms with Crippen LogP contribution in [0.15, 0.2) is 108 Å². The molecule has 47 heavy (non-hydrogen) atoms. The minimum Gasteiger partial charge on any atom is -0.455 e. The van der Waals surface area contributed by atoms with Crippen LogP contribution in [0.4, 0.5) is 22.1 Å². The molecule has 0 saturated heterocycles. The van der Waals surface area contributed by atoms with E-state index in [0.29, 0.717) is 17.2 Å². The third-order valence-corrected chi connectivity index (χ3v) is 7.36. The van der Waals surface area contributed by atoms with Crippen LogP contribution in [0.25, 0.3) is 38.7 Å². The third-order valence-electron chi connectivity index (χ3n) is 7.36. The molecule has 0 aliphatic carbocycles. The number of pyridine rings is 1. The molecule has 0 atom stereocenters. The maximum atomic E-state index is 13.0. The molecule has 4 aromatic heterocycles. The molecule has 0 aliphatic heterocycles. The van der Waals surface area contributed by atoms with E-state index in [4.69, 9.17) is 14.1 Å². The Hall–Kier alpha value is -6.23. The number of nitrogens with one attached hydrogen (secondary N) is 3. The zero-order chi connectivity index (χ0) is 32.5. The van der Waals surface area contributed by atoms with E-state index in [9.17, 15) is 9.59 Å². The van der Waals surface area contributed by atoms with Gasteiger partial charge in [-0.2, -0.15) is 5.10 Å². The largest absolute Gasteiger partial charge is 0.455 e. The summed E-state index contributed by atoms with van der Waals surface area (Å²) in [4.78, 5) is 34.1. The van der Waals surface area contributed by atoms with E-state index in [-0.39, 0.29) is 18.1 Å². The Balaban J connectivity index is 1.07. The summed E-state index contributed by atoms with van der Waals surface area (Å²) in [6.45, 7) is 5.58. The van der Waals surface area contributed by atoms with Crippen molar-refractivity contribution in [1.29, 1.82) is 0 Å². The van der Waals surface area contributed by atoms with Crippen molar-refractivity contribution < 1.29 is 18.7 Å². The number of anilines is 3. The first-order valence-electron chi connectivity index (χ1n) is 15.1. The van der Waals surface area contributed by atoms with Gasteiger partial charge in [0.2, 0.25) is 5.95 Å². The molecule has 11 heteroatoms. The van der Waals surface area contributed by atoms with Gasteiger partial charge in [0.25, 0.3) is 5.91 Å². The predicted molar refractivity (Wildman–Crippen MR) is 181 cm³/mol. The van der Waals surface area contributed by atoms with Gasteiger partial charge in [-0.15, -0.1) is 0 Å². The van der Waals surface area contributed by atoms with Gasteiger partial charge >= 0.3 is 6.09 Å². The first-order chi connectivity index (χ1) is 22.7. The van der Waals surface area contributed by atoms with Crippen molar-refractivity contribution in [2.45, 2.75) is 32.9 Å². The molecule has 2 amide bonds. The Kier molecular flexibility index (Phi) is 7.49. The number of hydrogen-bond donors (Lipinski definition) is 3. The van der Waals surface area contributed by atoms with Gasteiger partial charge in [-0.25, -0.2) is 14.3 Å². The van der Waals surface area contributed by atoms with E-state index >= 15 is 0 Å². The number of carbonyl (C=O) groups excluding carboxylic acids is 2. The van der Waals surface area contributed by atoms with Crippen molar-refractivity contribution in [3.8, 4) is 11.3 Å². The fourth-order valence-corrected chi connectivity index (χ4v) is 5.26. The van der Waals surface area contributed by atoms with E-state index in [1.165, 1.54) is 6.20 Å². The molecule has 0 radical (unpaired) electrons. The van der Waals surface area contributed by atoms with Crippen molar-refractivity contribution in [3.05, 3.63) is 115 Å². The van der Waals surface area contributed by atoms with Crippen LogP contribution in [0.1, 0.15) is 36.8 Å². The summed E-state index contributed by atoms with van der Waals surface area (Å²) in [5.41, 5.74) is 5.75. The highest BCUT2D eigenvalue weighted by Crippen LogP contribution is 2.36. The second-order valence-electron chi connectivity index (χ2n) is 12.0. The number of fused-ring (bicyclic) bond motifs is 4. The number of nitrogens with zero attached hydrogens (tertiary/aromatic N) is 4. The second-order valence-corrected chi connectivity index (χ2v) is 12.0. The van der Waals surface area contributed by atoms with Gasteiger partial charge in [0.1, 0.15) is 22.5 Å². The smallest absolute Gasteiger partial charge is 0.407 e. The molecule has 0 fully saturated rings. The molecule has 7 rings (SSSR count). The molecule has 0 aliphatic rings. The fraction of sp³-hybridized carbons (Fsp3) is 0.139. The van der Waals surface area contributed by atoms with Crippen molar-refractivity contribution in [1.82, 2.24) is 24.9 Å². The van der Waals surface area contributed by atoms with E-state index in [1.54, 1.807) is 55.7 Å². The van der Waals surface area contributed by atoms with Crippen LogP contribution in [0.5, 0.6) is 0 Å². The molecular formula is C36H31N7O4. The lowest BCUT2D eigenvalue weighted by Crippen LogP contribution is -2.32. The Morgan fingerprint density at radius 2 is 1.66 bits per heavy atom. The van der Waals surface area contributed by atoms with E-state index in [0.717, 1.165) is 44.4 Å². The number of benzene rings is 3. The molecule has 7 aromatic rings. The lowest BCUT2D eigenvalue weighted by atomic mass is 10.1. The van der Waals surface area contributed by atoms with Gasteiger partial charge < -0.3 is 25.1 Å². The van der Waals surface area contributed by atoms with Gasteiger partial charge in [-0.1, -0.05) is 30.3 Å². The van der Waals surface area contributed by atoms with Crippen LogP contribution in [-0.4, -0.2) is 37.2 Å². The normalized spacial score (nSPS) is 11.6. The molecule has 0 spiro atoms. The summed E-state index contributed by atoms with van der Waals surface area (Å²) in [7, 11) is 0. The van der Waals surface area contributed by atoms with Crippen LogP contribution in [0.2, 0.25) is 0 Å². The highest BCUT2D eigenvalue weighted by atomic mass is 16.6. The molecule has 0 saturated carbocycles. The van der Waals surface area contributed by atoms with E-state index < -0.39 is 11.7 Å². The van der Waals surface area contributed by atoms with Gasteiger partial charge in [0.05, 0.1) is 17.4 Å². The zero-order valence-electron chi connectivity index (χ0n) is 25.9. The quantitative estimate of drug-likeness (QED) is 0.164. The van der Waals surface area contributed by atoms with Crippen molar-refractivity contribution >= 4 is 56.8 Å². The topological polar surface area (TPSA) is 136 Å². The van der Waals surface area contributed by atoms with Crippen molar-refractivity contribution in [2.24, 2.45) is 0 Å². The Bertz CT molecular complexity index is 2270. The number of hydrogen-bond acceptors (Lipinski definition) is 8.